The lowest BCUT2D eigenvalue weighted by Crippen LogP contribution is -2.47. The van der Waals surface area contributed by atoms with Crippen LogP contribution in [0.15, 0.2) is 72.9 Å². The van der Waals surface area contributed by atoms with Gasteiger partial charge in [0, 0.05) is 12.8 Å². The SMILES string of the molecule is CC/C=C/C=C/C=C/CCCCCCCCCC(=O)OC(/C=C/CCCCCCCCCCC)C(COP(=O)([O-])OCC[N+](C)(C)C)NC(=O)CCCCC/C=C/C=C/CCCCCCCCC. The van der Waals surface area contributed by atoms with Gasteiger partial charge in [-0.05, 0) is 76.7 Å². The molecule has 1 amide bonds. The quantitative estimate of drug-likeness (QED) is 0.0161. The van der Waals surface area contributed by atoms with Crippen molar-refractivity contribution in [3.05, 3.63) is 72.9 Å². The molecular formula is C58H105N2O7P. The van der Waals surface area contributed by atoms with Gasteiger partial charge in [-0.2, -0.15) is 0 Å². The molecule has 0 aliphatic carbocycles. The first-order valence-corrected chi connectivity index (χ1v) is 29.3. The molecule has 3 atom stereocenters. The second-order valence-corrected chi connectivity index (χ2v) is 21.2. The minimum absolute atomic E-state index is 0.0321. The van der Waals surface area contributed by atoms with E-state index in [0.717, 1.165) is 77.0 Å². The molecule has 0 bridgehead atoms. The van der Waals surface area contributed by atoms with Crippen molar-refractivity contribution in [1.29, 1.82) is 0 Å². The van der Waals surface area contributed by atoms with Crippen molar-refractivity contribution in [2.45, 2.75) is 245 Å². The number of amides is 1. The highest BCUT2D eigenvalue weighted by molar-refractivity contribution is 7.45. The van der Waals surface area contributed by atoms with E-state index in [-0.39, 0.29) is 31.3 Å². The van der Waals surface area contributed by atoms with Crippen molar-refractivity contribution < 1.29 is 37.3 Å². The van der Waals surface area contributed by atoms with Crippen molar-refractivity contribution in [3.8, 4) is 0 Å². The highest BCUT2D eigenvalue weighted by Crippen LogP contribution is 2.38. The summed E-state index contributed by atoms with van der Waals surface area (Å²) in [6.07, 6.45) is 60.1. The maximum atomic E-state index is 13.4. The normalized spacial score (nSPS) is 14.4. The van der Waals surface area contributed by atoms with E-state index in [1.807, 2.05) is 33.3 Å². The minimum Gasteiger partial charge on any atom is -0.756 e. The predicted octanol–water partition coefficient (Wildman–Crippen LogP) is 15.9. The highest BCUT2D eigenvalue weighted by Gasteiger charge is 2.27. The molecule has 0 aromatic rings. The van der Waals surface area contributed by atoms with Gasteiger partial charge in [0.1, 0.15) is 19.3 Å². The van der Waals surface area contributed by atoms with Gasteiger partial charge < -0.3 is 28.5 Å². The van der Waals surface area contributed by atoms with Crippen LogP contribution in [0.1, 0.15) is 233 Å². The number of ether oxygens (including phenoxy) is 1. The molecular weight excluding hydrogens is 868 g/mol. The number of carbonyl (C=O) groups excluding carboxylic acids is 2. The van der Waals surface area contributed by atoms with Crippen LogP contribution in [0.25, 0.3) is 0 Å². The lowest BCUT2D eigenvalue weighted by atomic mass is 10.1. The number of phosphoric ester groups is 1. The molecule has 0 radical (unpaired) electrons. The third kappa shape index (κ3) is 48.5. The molecule has 0 aliphatic heterocycles. The summed E-state index contributed by atoms with van der Waals surface area (Å²) in [6.45, 7) is 6.66. The molecule has 0 saturated heterocycles. The van der Waals surface area contributed by atoms with Gasteiger partial charge in [-0.15, -0.1) is 0 Å². The zero-order valence-corrected chi connectivity index (χ0v) is 45.7. The zero-order valence-electron chi connectivity index (χ0n) is 44.8. The molecule has 0 aromatic carbocycles. The third-order valence-corrected chi connectivity index (χ3v) is 12.9. The van der Waals surface area contributed by atoms with Crippen LogP contribution in [0.3, 0.4) is 0 Å². The van der Waals surface area contributed by atoms with E-state index < -0.39 is 26.6 Å². The Morgan fingerprint density at radius 1 is 0.529 bits per heavy atom. The Morgan fingerprint density at radius 3 is 1.43 bits per heavy atom. The molecule has 0 aliphatic rings. The van der Waals surface area contributed by atoms with Gasteiger partial charge >= 0.3 is 5.97 Å². The van der Waals surface area contributed by atoms with E-state index in [1.54, 1.807) is 0 Å². The number of hydrogen-bond acceptors (Lipinski definition) is 7. The molecule has 0 heterocycles. The Bertz CT molecular complexity index is 1400. The summed E-state index contributed by atoms with van der Waals surface area (Å²) in [5.41, 5.74) is 0. The molecule has 1 N–H and O–H groups in total. The fourth-order valence-corrected chi connectivity index (χ4v) is 8.35. The lowest BCUT2D eigenvalue weighted by Gasteiger charge is -2.30. The van der Waals surface area contributed by atoms with Gasteiger partial charge in [-0.1, -0.05) is 216 Å². The minimum atomic E-state index is -4.70. The Hall–Kier alpha value is -2.55. The summed E-state index contributed by atoms with van der Waals surface area (Å²) in [5, 5.41) is 3.00. The number of nitrogens with zero attached hydrogens (tertiary/aromatic N) is 1. The molecule has 0 saturated carbocycles. The maximum absolute atomic E-state index is 13.4. The second kappa shape index (κ2) is 48.1. The topological polar surface area (TPSA) is 114 Å². The summed E-state index contributed by atoms with van der Waals surface area (Å²) in [7, 11) is 1.15. The van der Waals surface area contributed by atoms with E-state index in [2.05, 4.69) is 86.8 Å². The summed E-state index contributed by atoms with van der Waals surface area (Å²) in [6, 6.07) is -0.908. The van der Waals surface area contributed by atoms with Gasteiger partial charge in [0.25, 0.3) is 7.82 Å². The first kappa shape index (κ1) is 65.5. The monoisotopic (exact) mass is 973 g/mol. The van der Waals surface area contributed by atoms with Gasteiger partial charge in [0.15, 0.2) is 0 Å². The average molecular weight is 973 g/mol. The first-order chi connectivity index (χ1) is 32.9. The molecule has 9 nitrogen and oxygen atoms in total. The van der Waals surface area contributed by atoms with Crippen LogP contribution in [0.2, 0.25) is 0 Å². The Labute approximate surface area is 419 Å². The third-order valence-electron chi connectivity index (χ3n) is 12.0. The maximum Gasteiger partial charge on any atom is 0.306 e. The Morgan fingerprint density at radius 2 is 0.941 bits per heavy atom. The van der Waals surface area contributed by atoms with E-state index in [1.165, 1.54) is 109 Å². The van der Waals surface area contributed by atoms with Gasteiger partial charge in [-0.25, -0.2) is 0 Å². The standard InChI is InChI=1S/C58H105N2O7P/c1-7-10-13-16-19-22-25-27-29-31-32-35-38-41-44-47-50-57(61)59-55(54-66-68(63,64)65-53-52-60(4,5)6)56(49-46-43-40-37-34-24-21-18-15-12-9-3)67-58(62)51-48-45-42-39-36-33-30-28-26-23-20-17-14-11-8-2/h11,14,17,20,23,26,29,31-32,35,46,49,55-56H,7-10,12-13,15-16,18-19,21-22,24-25,27-28,30,33-34,36-45,47-48,50-54H2,1-6H3,(H-,59,61,63,64)/b14-11+,20-17+,26-23+,31-29+,35-32+,49-46+. The van der Waals surface area contributed by atoms with Crippen molar-refractivity contribution in [2.24, 2.45) is 0 Å². The second-order valence-electron chi connectivity index (χ2n) is 19.8. The molecule has 3 unspecified atom stereocenters. The molecule has 394 valence electrons. The van der Waals surface area contributed by atoms with Crippen LogP contribution in [0.5, 0.6) is 0 Å². The van der Waals surface area contributed by atoms with Crippen LogP contribution in [-0.4, -0.2) is 69.4 Å². The lowest BCUT2D eigenvalue weighted by molar-refractivity contribution is -0.870. The van der Waals surface area contributed by atoms with Crippen LogP contribution >= 0.6 is 7.82 Å². The molecule has 10 heteroatoms. The number of likely N-dealkylation sites (N-methyl/N-ethyl adjacent to an activating group) is 1. The number of rotatable bonds is 49. The van der Waals surface area contributed by atoms with Crippen molar-refractivity contribution in [1.82, 2.24) is 5.32 Å². The molecule has 68 heavy (non-hydrogen) atoms. The number of phosphoric acid groups is 1. The van der Waals surface area contributed by atoms with E-state index >= 15 is 0 Å². The van der Waals surface area contributed by atoms with Gasteiger partial charge in [0.2, 0.25) is 5.91 Å². The van der Waals surface area contributed by atoms with Crippen molar-refractivity contribution in [3.63, 3.8) is 0 Å². The smallest absolute Gasteiger partial charge is 0.306 e. The number of allylic oxidation sites excluding steroid dienone is 11. The molecule has 0 spiro atoms. The highest BCUT2D eigenvalue weighted by atomic mass is 31.2. The van der Waals surface area contributed by atoms with Crippen molar-refractivity contribution in [2.75, 3.05) is 40.9 Å². The van der Waals surface area contributed by atoms with Crippen LogP contribution in [0, 0.1) is 0 Å². The fourth-order valence-electron chi connectivity index (χ4n) is 7.63. The van der Waals surface area contributed by atoms with Crippen LogP contribution in [0.4, 0.5) is 0 Å². The van der Waals surface area contributed by atoms with Gasteiger partial charge in [-0.3, -0.25) is 14.2 Å². The predicted molar refractivity (Wildman–Crippen MR) is 288 cm³/mol. The van der Waals surface area contributed by atoms with E-state index in [4.69, 9.17) is 13.8 Å². The number of hydrogen-bond donors (Lipinski definition) is 1. The first-order valence-electron chi connectivity index (χ1n) is 27.8. The van der Waals surface area contributed by atoms with Crippen LogP contribution in [-0.2, 0) is 27.9 Å². The van der Waals surface area contributed by atoms with Crippen molar-refractivity contribution >= 4 is 19.7 Å². The summed E-state index contributed by atoms with van der Waals surface area (Å²) in [4.78, 5) is 39.8. The number of unbranched alkanes of at least 4 members (excludes halogenated alkanes) is 26. The largest absolute Gasteiger partial charge is 0.756 e. The van der Waals surface area contributed by atoms with Gasteiger partial charge in [0.05, 0.1) is 33.8 Å². The van der Waals surface area contributed by atoms with Crippen LogP contribution < -0.4 is 10.2 Å². The zero-order chi connectivity index (χ0) is 50.1. The average Bonchev–Trinajstić information content (AvgIpc) is 3.29. The summed E-state index contributed by atoms with van der Waals surface area (Å²) >= 11 is 0. The number of nitrogens with one attached hydrogen (secondary N) is 1. The summed E-state index contributed by atoms with van der Waals surface area (Å²) in [5.74, 6) is -0.589. The molecule has 0 aromatic heterocycles. The Balaban J connectivity index is 5.42. The number of carbonyl (C=O) groups is 2. The number of quaternary nitrogens is 1. The van der Waals surface area contributed by atoms with E-state index in [9.17, 15) is 19.0 Å². The Kier molecular flexibility index (Phi) is 46.3. The molecule has 0 fully saturated rings. The van der Waals surface area contributed by atoms with E-state index in [0.29, 0.717) is 23.9 Å². The summed E-state index contributed by atoms with van der Waals surface area (Å²) < 4.78 is 30.1. The molecule has 0 rings (SSSR count). The number of esters is 1. The fraction of sp³-hybridized carbons (Fsp3) is 0.759.